The Balaban J connectivity index is 2.55. The van der Waals surface area contributed by atoms with Gasteiger partial charge < -0.3 is 10.1 Å². The number of pyridine rings is 1. The van der Waals surface area contributed by atoms with Gasteiger partial charge >= 0.3 is 0 Å². The molecule has 1 aromatic heterocycles. The van der Waals surface area contributed by atoms with E-state index in [-0.39, 0.29) is 0 Å². The van der Waals surface area contributed by atoms with E-state index in [1.807, 2.05) is 12.3 Å². The third-order valence-electron chi connectivity index (χ3n) is 2.97. The molecule has 0 fully saturated rings. The van der Waals surface area contributed by atoms with E-state index in [9.17, 15) is 0 Å². The van der Waals surface area contributed by atoms with Crippen molar-refractivity contribution in [3.05, 3.63) is 24.0 Å². The molecule has 1 heterocycles. The molecule has 4 nitrogen and oxygen atoms in total. The molecule has 0 aliphatic carbocycles. The van der Waals surface area contributed by atoms with Crippen molar-refractivity contribution >= 4 is 5.69 Å². The van der Waals surface area contributed by atoms with Crippen LogP contribution in [0.2, 0.25) is 0 Å². The average Bonchev–Trinajstić information content (AvgIpc) is 2.37. The van der Waals surface area contributed by atoms with E-state index in [0.29, 0.717) is 6.04 Å². The zero-order valence-electron chi connectivity index (χ0n) is 11.9. The van der Waals surface area contributed by atoms with Crippen molar-refractivity contribution in [1.82, 2.24) is 9.88 Å². The number of likely N-dealkylation sites (N-methyl/N-ethyl adjacent to an activating group) is 1. The summed E-state index contributed by atoms with van der Waals surface area (Å²) in [5.74, 6) is 0. The second-order valence-corrected chi connectivity index (χ2v) is 4.68. The van der Waals surface area contributed by atoms with E-state index in [2.05, 4.69) is 42.2 Å². The Morgan fingerprint density at radius 1 is 1.50 bits per heavy atom. The van der Waals surface area contributed by atoms with Crippen molar-refractivity contribution in [3.8, 4) is 0 Å². The SMILES string of the molecule is CCCNc1ccnc(CN(C)C(C)COC)c1. The average molecular weight is 251 g/mol. The number of aromatic nitrogens is 1. The molecule has 1 aromatic rings. The molecule has 0 spiro atoms. The lowest BCUT2D eigenvalue weighted by Crippen LogP contribution is -2.32. The lowest BCUT2D eigenvalue weighted by molar-refractivity contribution is 0.111. The molecule has 1 rings (SSSR count). The molecule has 0 saturated heterocycles. The largest absolute Gasteiger partial charge is 0.385 e. The van der Waals surface area contributed by atoms with Crippen LogP contribution in [0.4, 0.5) is 5.69 Å². The Labute approximate surface area is 110 Å². The summed E-state index contributed by atoms with van der Waals surface area (Å²) in [6, 6.07) is 4.52. The van der Waals surface area contributed by atoms with Gasteiger partial charge in [0, 0.05) is 38.1 Å². The molecule has 102 valence electrons. The summed E-state index contributed by atoms with van der Waals surface area (Å²) in [6.07, 6.45) is 2.99. The fourth-order valence-corrected chi connectivity index (χ4v) is 1.72. The minimum absolute atomic E-state index is 0.393. The Hall–Kier alpha value is -1.13. The maximum atomic E-state index is 5.16. The van der Waals surface area contributed by atoms with Gasteiger partial charge in [-0.25, -0.2) is 0 Å². The highest BCUT2D eigenvalue weighted by molar-refractivity contribution is 5.43. The predicted molar refractivity (Wildman–Crippen MR) is 75.8 cm³/mol. The van der Waals surface area contributed by atoms with E-state index in [4.69, 9.17) is 4.74 Å². The molecule has 1 unspecified atom stereocenters. The Bertz CT molecular complexity index is 344. The zero-order chi connectivity index (χ0) is 13.4. The fourth-order valence-electron chi connectivity index (χ4n) is 1.72. The lowest BCUT2D eigenvalue weighted by atomic mass is 10.2. The van der Waals surface area contributed by atoms with Gasteiger partial charge in [0.05, 0.1) is 12.3 Å². The maximum Gasteiger partial charge on any atom is 0.0615 e. The minimum atomic E-state index is 0.393. The summed E-state index contributed by atoms with van der Waals surface area (Å²) < 4.78 is 5.16. The van der Waals surface area contributed by atoms with Crippen LogP contribution in [0.15, 0.2) is 18.3 Å². The van der Waals surface area contributed by atoms with E-state index in [0.717, 1.165) is 37.5 Å². The molecule has 0 radical (unpaired) electrons. The van der Waals surface area contributed by atoms with Crippen LogP contribution in [0, 0.1) is 0 Å². The van der Waals surface area contributed by atoms with E-state index < -0.39 is 0 Å². The number of hydrogen-bond donors (Lipinski definition) is 1. The smallest absolute Gasteiger partial charge is 0.0615 e. The van der Waals surface area contributed by atoms with Crippen molar-refractivity contribution in [2.75, 3.05) is 32.6 Å². The van der Waals surface area contributed by atoms with Crippen molar-refractivity contribution in [1.29, 1.82) is 0 Å². The first-order valence-electron chi connectivity index (χ1n) is 6.55. The Morgan fingerprint density at radius 2 is 2.28 bits per heavy atom. The van der Waals surface area contributed by atoms with Crippen LogP contribution in [0.1, 0.15) is 26.0 Å². The van der Waals surface area contributed by atoms with Gasteiger partial charge in [0.2, 0.25) is 0 Å². The van der Waals surface area contributed by atoms with Gasteiger partial charge in [-0.3, -0.25) is 9.88 Å². The molecule has 18 heavy (non-hydrogen) atoms. The van der Waals surface area contributed by atoms with Crippen LogP contribution in [-0.2, 0) is 11.3 Å². The van der Waals surface area contributed by atoms with Gasteiger partial charge in [-0.2, -0.15) is 0 Å². The fraction of sp³-hybridized carbons (Fsp3) is 0.643. The second-order valence-electron chi connectivity index (χ2n) is 4.68. The van der Waals surface area contributed by atoms with Crippen molar-refractivity contribution < 1.29 is 4.74 Å². The van der Waals surface area contributed by atoms with Gasteiger partial charge in [-0.15, -0.1) is 0 Å². The third kappa shape index (κ3) is 5.02. The molecule has 0 saturated carbocycles. The van der Waals surface area contributed by atoms with Gasteiger partial charge in [-0.05, 0) is 32.5 Å². The quantitative estimate of drug-likeness (QED) is 0.769. The maximum absolute atomic E-state index is 5.16. The van der Waals surface area contributed by atoms with Crippen molar-refractivity contribution in [3.63, 3.8) is 0 Å². The standard InChI is InChI=1S/C14H25N3O/c1-5-7-15-13-6-8-16-14(9-13)10-17(3)12(2)11-18-4/h6,8-9,12H,5,7,10-11H2,1-4H3,(H,15,16). The number of methoxy groups -OCH3 is 1. The summed E-state index contributed by atoms with van der Waals surface area (Å²) in [5.41, 5.74) is 2.23. The van der Waals surface area contributed by atoms with Crippen LogP contribution in [0.3, 0.4) is 0 Å². The predicted octanol–water partition coefficient (Wildman–Crippen LogP) is 2.37. The van der Waals surface area contributed by atoms with Gasteiger partial charge in [-0.1, -0.05) is 6.92 Å². The summed E-state index contributed by atoms with van der Waals surface area (Å²) in [4.78, 5) is 6.65. The summed E-state index contributed by atoms with van der Waals surface area (Å²) in [6.45, 7) is 6.90. The normalized spacial score (nSPS) is 12.7. The highest BCUT2D eigenvalue weighted by Gasteiger charge is 2.10. The zero-order valence-corrected chi connectivity index (χ0v) is 11.9. The van der Waals surface area contributed by atoms with E-state index in [1.54, 1.807) is 7.11 Å². The molecule has 0 aliphatic rings. The number of nitrogens with zero attached hydrogens (tertiary/aromatic N) is 2. The summed E-state index contributed by atoms with van der Waals surface area (Å²) >= 11 is 0. The molecule has 0 amide bonds. The topological polar surface area (TPSA) is 37.4 Å². The van der Waals surface area contributed by atoms with Crippen LogP contribution in [-0.4, -0.2) is 43.2 Å². The molecule has 0 aliphatic heterocycles. The van der Waals surface area contributed by atoms with Gasteiger partial charge in [0.1, 0.15) is 0 Å². The molecular formula is C14H25N3O. The van der Waals surface area contributed by atoms with Crippen LogP contribution < -0.4 is 5.32 Å². The number of rotatable bonds is 8. The highest BCUT2D eigenvalue weighted by atomic mass is 16.5. The van der Waals surface area contributed by atoms with Crippen molar-refractivity contribution in [2.45, 2.75) is 32.9 Å². The van der Waals surface area contributed by atoms with Crippen molar-refractivity contribution in [2.24, 2.45) is 0 Å². The first-order chi connectivity index (χ1) is 8.67. The molecule has 1 N–H and O–H groups in total. The molecule has 4 heteroatoms. The van der Waals surface area contributed by atoms with Crippen LogP contribution in [0.25, 0.3) is 0 Å². The Morgan fingerprint density at radius 3 is 2.94 bits per heavy atom. The Kier molecular flexibility index (Phi) is 6.68. The highest BCUT2D eigenvalue weighted by Crippen LogP contribution is 2.10. The first-order valence-corrected chi connectivity index (χ1v) is 6.55. The lowest BCUT2D eigenvalue weighted by Gasteiger charge is -2.23. The molecular weight excluding hydrogens is 226 g/mol. The third-order valence-corrected chi connectivity index (χ3v) is 2.97. The second kappa shape index (κ2) is 8.06. The summed E-state index contributed by atoms with van der Waals surface area (Å²) in [5, 5.41) is 3.38. The molecule has 0 bridgehead atoms. The van der Waals surface area contributed by atoms with Gasteiger partial charge in [0.25, 0.3) is 0 Å². The molecule has 0 aromatic carbocycles. The number of ether oxygens (including phenoxy) is 1. The monoisotopic (exact) mass is 251 g/mol. The number of anilines is 1. The van der Waals surface area contributed by atoms with Crippen LogP contribution in [0.5, 0.6) is 0 Å². The number of nitrogens with one attached hydrogen (secondary N) is 1. The van der Waals surface area contributed by atoms with E-state index in [1.165, 1.54) is 0 Å². The minimum Gasteiger partial charge on any atom is -0.385 e. The number of hydrogen-bond acceptors (Lipinski definition) is 4. The van der Waals surface area contributed by atoms with Gasteiger partial charge in [0.15, 0.2) is 0 Å². The summed E-state index contributed by atoms with van der Waals surface area (Å²) in [7, 11) is 3.83. The molecule has 1 atom stereocenters. The first kappa shape index (κ1) is 14.9. The van der Waals surface area contributed by atoms with Crippen LogP contribution >= 0.6 is 0 Å². The van der Waals surface area contributed by atoms with E-state index >= 15 is 0 Å².